The number of rotatable bonds is 8. The minimum absolute atomic E-state index is 0.396. The van der Waals surface area contributed by atoms with Crippen LogP contribution in [0.3, 0.4) is 0 Å². The molecule has 0 aliphatic heterocycles. The van der Waals surface area contributed by atoms with Crippen LogP contribution in [0.1, 0.15) is 58.3 Å². The maximum absolute atomic E-state index is 3.80. The van der Waals surface area contributed by atoms with E-state index in [0.717, 1.165) is 13.0 Å². The van der Waals surface area contributed by atoms with E-state index in [-0.39, 0.29) is 0 Å². The molecule has 1 N–H and O–H groups in total. The van der Waals surface area contributed by atoms with Crippen LogP contribution in [0.2, 0.25) is 0 Å². The number of hydrogen-bond donors (Lipinski definition) is 1. The Balaban J connectivity index is 2.40. The first kappa shape index (κ1) is 15.2. The molecule has 0 radical (unpaired) electrons. The predicted octanol–water partition coefficient (Wildman–Crippen LogP) is 4.77. The molecule has 0 amide bonds. The van der Waals surface area contributed by atoms with E-state index in [1.54, 1.807) is 0 Å². The summed E-state index contributed by atoms with van der Waals surface area (Å²) in [5.74, 6) is 0. The molecule has 1 nitrogen and oxygen atoms in total. The van der Waals surface area contributed by atoms with Gasteiger partial charge in [0.2, 0.25) is 0 Å². The smallest absolute Gasteiger partial charge is 0.0215 e. The van der Waals surface area contributed by atoms with E-state index in [1.807, 2.05) is 12.2 Å². The molecule has 0 aromatic rings. The third-order valence-corrected chi connectivity index (χ3v) is 3.78. The van der Waals surface area contributed by atoms with Crippen molar-refractivity contribution in [2.24, 2.45) is 0 Å². The van der Waals surface area contributed by atoms with Crippen LogP contribution in [-0.4, -0.2) is 12.1 Å². The molecule has 18 heavy (non-hydrogen) atoms. The summed E-state index contributed by atoms with van der Waals surface area (Å²) in [4.78, 5) is 0. The highest BCUT2D eigenvalue weighted by Crippen LogP contribution is 2.31. The van der Waals surface area contributed by atoms with Crippen LogP contribution < -0.4 is 5.32 Å². The molecule has 0 aromatic heterocycles. The van der Waals surface area contributed by atoms with E-state index in [2.05, 4.69) is 37.0 Å². The Kier molecular flexibility index (Phi) is 7.75. The molecule has 1 fully saturated rings. The maximum Gasteiger partial charge on any atom is 0.0215 e. The van der Waals surface area contributed by atoms with Gasteiger partial charge in [0.25, 0.3) is 0 Å². The summed E-state index contributed by atoms with van der Waals surface area (Å²) in [6, 6.07) is 0. The largest absolute Gasteiger partial charge is 0.311 e. The van der Waals surface area contributed by atoms with Gasteiger partial charge in [0.05, 0.1) is 0 Å². The average Bonchev–Trinajstić information content (AvgIpc) is 2.42. The SMILES string of the molecule is C=C/C=C/C/C=C/CC1(NCCC)CCCCC1. The van der Waals surface area contributed by atoms with E-state index in [9.17, 15) is 0 Å². The monoisotopic (exact) mass is 247 g/mol. The van der Waals surface area contributed by atoms with Gasteiger partial charge in [-0.2, -0.15) is 0 Å². The normalized spacial score (nSPS) is 19.6. The highest BCUT2D eigenvalue weighted by atomic mass is 15.0. The highest BCUT2D eigenvalue weighted by Gasteiger charge is 2.29. The molecule has 0 saturated heterocycles. The Labute approximate surface area is 113 Å². The van der Waals surface area contributed by atoms with Crippen molar-refractivity contribution in [3.8, 4) is 0 Å². The van der Waals surface area contributed by atoms with Crippen molar-refractivity contribution in [3.05, 3.63) is 37.0 Å². The average molecular weight is 247 g/mol. The number of nitrogens with one attached hydrogen (secondary N) is 1. The molecular formula is C17H29N. The van der Waals surface area contributed by atoms with Gasteiger partial charge < -0.3 is 5.32 Å². The molecule has 1 saturated carbocycles. The quantitative estimate of drug-likeness (QED) is 0.481. The molecule has 0 aromatic carbocycles. The van der Waals surface area contributed by atoms with Crippen LogP contribution in [-0.2, 0) is 0 Å². The van der Waals surface area contributed by atoms with Gasteiger partial charge in [-0.3, -0.25) is 0 Å². The standard InChI is InChI=1S/C17H29N/c1-3-5-6-7-8-10-13-17(18-16-4-2)14-11-9-12-15-17/h3,5-6,8,10,18H,1,4,7,9,11-16H2,2H3/b6-5+,10-8+. The maximum atomic E-state index is 3.80. The van der Waals surface area contributed by atoms with Crippen LogP contribution in [0, 0.1) is 0 Å². The zero-order valence-corrected chi connectivity index (χ0v) is 12.0. The molecular weight excluding hydrogens is 218 g/mol. The van der Waals surface area contributed by atoms with E-state index in [0.29, 0.717) is 5.54 Å². The van der Waals surface area contributed by atoms with Gasteiger partial charge in [-0.25, -0.2) is 0 Å². The molecule has 0 unspecified atom stereocenters. The van der Waals surface area contributed by atoms with E-state index in [4.69, 9.17) is 0 Å². The molecule has 0 heterocycles. The van der Waals surface area contributed by atoms with Gasteiger partial charge in [-0.05, 0) is 38.6 Å². The zero-order valence-electron chi connectivity index (χ0n) is 12.0. The third-order valence-electron chi connectivity index (χ3n) is 3.78. The Morgan fingerprint density at radius 2 is 1.89 bits per heavy atom. The van der Waals surface area contributed by atoms with Crippen molar-refractivity contribution in [2.45, 2.75) is 63.8 Å². The topological polar surface area (TPSA) is 12.0 Å². The second-order valence-electron chi connectivity index (χ2n) is 5.34. The molecule has 1 aliphatic rings. The molecule has 1 heteroatoms. The van der Waals surface area contributed by atoms with Gasteiger partial charge in [0, 0.05) is 5.54 Å². The van der Waals surface area contributed by atoms with Crippen LogP contribution in [0.25, 0.3) is 0 Å². The van der Waals surface area contributed by atoms with Crippen LogP contribution >= 0.6 is 0 Å². The van der Waals surface area contributed by atoms with Crippen LogP contribution in [0.4, 0.5) is 0 Å². The summed E-state index contributed by atoms with van der Waals surface area (Å²) in [5, 5.41) is 3.80. The lowest BCUT2D eigenvalue weighted by molar-refractivity contribution is 0.233. The highest BCUT2D eigenvalue weighted by molar-refractivity contribution is 5.03. The summed E-state index contributed by atoms with van der Waals surface area (Å²) in [6.45, 7) is 7.08. The first-order valence-electron chi connectivity index (χ1n) is 7.50. The van der Waals surface area contributed by atoms with Crippen molar-refractivity contribution in [3.63, 3.8) is 0 Å². The lowest BCUT2D eigenvalue weighted by Gasteiger charge is -2.38. The van der Waals surface area contributed by atoms with Crippen molar-refractivity contribution >= 4 is 0 Å². The summed E-state index contributed by atoms with van der Waals surface area (Å²) >= 11 is 0. The molecule has 1 rings (SSSR count). The first-order valence-corrected chi connectivity index (χ1v) is 7.50. The Hall–Kier alpha value is -0.820. The van der Waals surface area contributed by atoms with Crippen LogP contribution in [0.15, 0.2) is 37.0 Å². The van der Waals surface area contributed by atoms with Gasteiger partial charge >= 0.3 is 0 Å². The lowest BCUT2D eigenvalue weighted by Crippen LogP contribution is -2.46. The van der Waals surface area contributed by atoms with Gasteiger partial charge in [-0.15, -0.1) is 0 Å². The molecule has 0 bridgehead atoms. The van der Waals surface area contributed by atoms with Crippen molar-refractivity contribution in [1.29, 1.82) is 0 Å². The van der Waals surface area contributed by atoms with Gasteiger partial charge in [0.1, 0.15) is 0 Å². The van der Waals surface area contributed by atoms with Crippen molar-refractivity contribution in [2.75, 3.05) is 6.54 Å². The summed E-state index contributed by atoms with van der Waals surface area (Å²) in [6.07, 6.45) is 21.0. The summed E-state index contributed by atoms with van der Waals surface area (Å²) in [5.41, 5.74) is 0.396. The minimum atomic E-state index is 0.396. The summed E-state index contributed by atoms with van der Waals surface area (Å²) in [7, 11) is 0. The van der Waals surface area contributed by atoms with Crippen molar-refractivity contribution < 1.29 is 0 Å². The fraction of sp³-hybridized carbons (Fsp3) is 0.647. The van der Waals surface area contributed by atoms with E-state index in [1.165, 1.54) is 44.9 Å². The van der Waals surface area contributed by atoms with Crippen molar-refractivity contribution in [1.82, 2.24) is 5.32 Å². The van der Waals surface area contributed by atoms with E-state index < -0.39 is 0 Å². The van der Waals surface area contributed by atoms with Gasteiger partial charge in [-0.1, -0.05) is 63.1 Å². The second kappa shape index (κ2) is 9.16. The summed E-state index contributed by atoms with van der Waals surface area (Å²) < 4.78 is 0. The number of hydrogen-bond acceptors (Lipinski definition) is 1. The number of allylic oxidation sites excluding steroid dienone is 4. The lowest BCUT2D eigenvalue weighted by atomic mass is 9.79. The molecule has 0 atom stereocenters. The molecule has 0 spiro atoms. The second-order valence-corrected chi connectivity index (χ2v) is 5.34. The fourth-order valence-electron chi connectivity index (χ4n) is 2.73. The van der Waals surface area contributed by atoms with Gasteiger partial charge in [0.15, 0.2) is 0 Å². The van der Waals surface area contributed by atoms with Crippen LogP contribution in [0.5, 0.6) is 0 Å². The molecule has 102 valence electrons. The third kappa shape index (κ3) is 5.68. The van der Waals surface area contributed by atoms with E-state index >= 15 is 0 Å². The zero-order chi connectivity index (χ0) is 13.1. The Morgan fingerprint density at radius 3 is 2.56 bits per heavy atom. The Bertz CT molecular complexity index is 269. The Morgan fingerprint density at radius 1 is 1.11 bits per heavy atom. The predicted molar refractivity (Wildman–Crippen MR) is 81.8 cm³/mol. The molecule has 1 aliphatic carbocycles. The minimum Gasteiger partial charge on any atom is -0.311 e. The fourth-order valence-corrected chi connectivity index (χ4v) is 2.73. The first-order chi connectivity index (χ1) is 8.83.